The Hall–Kier alpha value is -1.73. The molecule has 1 spiro atoms. The first kappa shape index (κ1) is 15.2. The Morgan fingerprint density at radius 1 is 1.32 bits per heavy atom. The third kappa shape index (κ3) is 3.20. The zero-order valence-electron chi connectivity index (χ0n) is 13.0. The number of hydrogen-bond donors (Lipinski definition) is 1. The van der Waals surface area contributed by atoms with Crippen molar-refractivity contribution in [1.29, 1.82) is 0 Å². The van der Waals surface area contributed by atoms with Crippen LogP contribution in [0.25, 0.3) is 0 Å². The fourth-order valence-electron chi connectivity index (χ4n) is 2.80. The minimum absolute atomic E-state index is 0.0675. The molecule has 2 aliphatic rings. The van der Waals surface area contributed by atoms with Crippen LogP contribution in [0.3, 0.4) is 0 Å². The van der Waals surface area contributed by atoms with Crippen LogP contribution in [0.15, 0.2) is 12.3 Å². The van der Waals surface area contributed by atoms with Crippen molar-refractivity contribution >= 4 is 11.9 Å². The average molecular weight is 306 g/mol. The van der Waals surface area contributed by atoms with Gasteiger partial charge in [0.2, 0.25) is 5.95 Å². The lowest BCUT2D eigenvalue weighted by Gasteiger charge is -2.37. The lowest BCUT2D eigenvalue weighted by Crippen LogP contribution is -2.47. The minimum atomic E-state index is -0.465. The average Bonchev–Trinajstić information content (AvgIpc) is 2.95. The van der Waals surface area contributed by atoms with Gasteiger partial charge in [-0.1, -0.05) is 0 Å². The number of nitrogens with zero attached hydrogens (tertiary/aromatic N) is 3. The highest BCUT2D eigenvalue weighted by atomic mass is 16.7. The molecule has 0 atom stereocenters. The number of carbonyl (C=O) groups is 1. The van der Waals surface area contributed by atoms with E-state index in [0.717, 1.165) is 0 Å². The van der Waals surface area contributed by atoms with Crippen LogP contribution < -0.4 is 5.32 Å². The highest BCUT2D eigenvalue weighted by Crippen LogP contribution is 2.31. The summed E-state index contributed by atoms with van der Waals surface area (Å²) in [4.78, 5) is 22.8. The molecule has 3 rings (SSSR count). The second kappa shape index (κ2) is 6.18. The molecule has 0 bridgehead atoms. The maximum Gasteiger partial charge on any atom is 0.272 e. The van der Waals surface area contributed by atoms with Gasteiger partial charge in [-0.2, -0.15) is 0 Å². The van der Waals surface area contributed by atoms with E-state index in [1.165, 1.54) is 0 Å². The Bertz CT molecular complexity index is 533. The molecule has 2 saturated heterocycles. The Morgan fingerprint density at radius 2 is 2.00 bits per heavy atom. The van der Waals surface area contributed by atoms with Crippen molar-refractivity contribution in [2.75, 3.05) is 31.6 Å². The van der Waals surface area contributed by atoms with Crippen LogP contribution in [0.2, 0.25) is 0 Å². The fraction of sp³-hybridized carbons (Fsp3) is 0.667. The van der Waals surface area contributed by atoms with Crippen LogP contribution in [-0.4, -0.2) is 58.9 Å². The molecule has 3 heterocycles. The minimum Gasteiger partial charge on any atom is -0.352 e. The summed E-state index contributed by atoms with van der Waals surface area (Å²) in [5.41, 5.74) is 0.419. The summed E-state index contributed by atoms with van der Waals surface area (Å²) in [6.07, 6.45) is 3.03. The molecule has 0 aliphatic carbocycles. The second-order valence-electron chi connectivity index (χ2n) is 5.96. The van der Waals surface area contributed by atoms with Crippen molar-refractivity contribution in [1.82, 2.24) is 14.9 Å². The summed E-state index contributed by atoms with van der Waals surface area (Å²) in [5.74, 6) is -0.0499. The van der Waals surface area contributed by atoms with Crippen molar-refractivity contribution in [3.05, 3.63) is 18.0 Å². The highest BCUT2D eigenvalue weighted by Gasteiger charge is 2.41. The van der Waals surface area contributed by atoms with Gasteiger partial charge in [-0.05, 0) is 19.9 Å². The molecule has 0 saturated carbocycles. The van der Waals surface area contributed by atoms with Crippen molar-refractivity contribution in [2.24, 2.45) is 0 Å². The molecule has 1 amide bonds. The molecule has 7 heteroatoms. The molecule has 1 aromatic heterocycles. The highest BCUT2D eigenvalue weighted by molar-refractivity contribution is 5.92. The van der Waals surface area contributed by atoms with Gasteiger partial charge in [0.1, 0.15) is 5.69 Å². The molecule has 1 aromatic rings. The summed E-state index contributed by atoms with van der Waals surface area (Å²) in [6, 6.07) is 1.87. The van der Waals surface area contributed by atoms with Crippen molar-refractivity contribution in [3.63, 3.8) is 0 Å². The standard InChI is InChI=1S/C15H22N4O3/c1-11(2)17-14-16-6-3-12(18-14)13(20)19-7-4-15(5-8-19)21-9-10-22-15/h3,6,11H,4-5,7-10H2,1-2H3,(H,16,17,18). The normalized spacial score (nSPS) is 20.6. The first-order chi connectivity index (χ1) is 10.6. The lowest BCUT2D eigenvalue weighted by molar-refractivity contribution is -0.181. The first-order valence-corrected chi connectivity index (χ1v) is 7.75. The summed E-state index contributed by atoms with van der Waals surface area (Å²) >= 11 is 0. The fourth-order valence-corrected chi connectivity index (χ4v) is 2.80. The molecule has 0 unspecified atom stereocenters. The number of amides is 1. The molecule has 0 aromatic carbocycles. The zero-order valence-corrected chi connectivity index (χ0v) is 13.0. The van der Waals surface area contributed by atoms with Crippen molar-refractivity contribution < 1.29 is 14.3 Å². The lowest BCUT2D eigenvalue weighted by atomic mass is 10.0. The van der Waals surface area contributed by atoms with E-state index in [4.69, 9.17) is 9.47 Å². The van der Waals surface area contributed by atoms with Gasteiger partial charge in [0.05, 0.1) is 13.2 Å². The number of aromatic nitrogens is 2. The van der Waals surface area contributed by atoms with E-state index in [2.05, 4.69) is 15.3 Å². The number of likely N-dealkylation sites (tertiary alicyclic amines) is 1. The van der Waals surface area contributed by atoms with E-state index in [0.29, 0.717) is 50.8 Å². The van der Waals surface area contributed by atoms with Gasteiger partial charge in [0.15, 0.2) is 5.79 Å². The van der Waals surface area contributed by atoms with Crippen LogP contribution in [0.5, 0.6) is 0 Å². The number of carbonyl (C=O) groups excluding carboxylic acids is 1. The quantitative estimate of drug-likeness (QED) is 0.906. The van der Waals surface area contributed by atoms with E-state index in [9.17, 15) is 4.79 Å². The number of anilines is 1. The van der Waals surface area contributed by atoms with Crippen LogP contribution >= 0.6 is 0 Å². The molecule has 1 N–H and O–H groups in total. The zero-order chi connectivity index (χ0) is 15.6. The maximum absolute atomic E-state index is 12.6. The third-order valence-corrected chi connectivity index (χ3v) is 3.92. The summed E-state index contributed by atoms with van der Waals surface area (Å²) < 4.78 is 11.4. The first-order valence-electron chi connectivity index (χ1n) is 7.75. The number of nitrogens with one attached hydrogen (secondary N) is 1. The monoisotopic (exact) mass is 306 g/mol. The van der Waals surface area contributed by atoms with Crippen LogP contribution in [0.1, 0.15) is 37.2 Å². The topological polar surface area (TPSA) is 76.6 Å². The van der Waals surface area contributed by atoms with Crippen LogP contribution in [-0.2, 0) is 9.47 Å². The summed E-state index contributed by atoms with van der Waals surface area (Å²) in [5, 5.41) is 3.11. The molecule has 120 valence electrons. The molecule has 7 nitrogen and oxygen atoms in total. The maximum atomic E-state index is 12.6. The Balaban J connectivity index is 1.64. The predicted molar refractivity (Wildman–Crippen MR) is 80.6 cm³/mol. The predicted octanol–water partition coefficient (Wildman–Crippen LogP) is 1.28. The van der Waals surface area contributed by atoms with E-state index in [1.54, 1.807) is 17.2 Å². The van der Waals surface area contributed by atoms with E-state index < -0.39 is 5.79 Å². The van der Waals surface area contributed by atoms with Crippen molar-refractivity contribution in [3.8, 4) is 0 Å². The van der Waals surface area contributed by atoms with Gasteiger partial charge in [-0.3, -0.25) is 4.79 Å². The number of rotatable bonds is 3. The summed E-state index contributed by atoms with van der Waals surface area (Å²) in [7, 11) is 0. The van der Waals surface area contributed by atoms with Gasteiger partial charge in [-0.25, -0.2) is 9.97 Å². The molecule has 2 fully saturated rings. The number of ether oxygens (including phenoxy) is 2. The van der Waals surface area contributed by atoms with E-state index in [-0.39, 0.29) is 11.9 Å². The SMILES string of the molecule is CC(C)Nc1nccc(C(=O)N2CCC3(CC2)OCCO3)n1. The van der Waals surface area contributed by atoms with Crippen LogP contribution in [0, 0.1) is 0 Å². The molecule has 2 aliphatic heterocycles. The second-order valence-corrected chi connectivity index (χ2v) is 5.96. The molecular weight excluding hydrogens is 284 g/mol. The van der Waals surface area contributed by atoms with Gasteiger partial charge in [0.25, 0.3) is 5.91 Å². The Labute approximate surface area is 130 Å². The van der Waals surface area contributed by atoms with E-state index >= 15 is 0 Å². The third-order valence-electron chi connectivity index (χ3n) is 3.92. The number of piperidine rings is 1. The summed E-state index contributed by atoms with van der Waals surface area (Å²) in [6.45, 7) is 6.53. The molecule has 22 heavy (non-hydrogen) atoms. The van der Waals surface area contributed by atoms with Crippen LogP contribution in [0.4, 0.5) is 5.95 Å². The number of hydrogen-bond acceptors (Lipinski definition) is 6. The Kier molecular flexibility index (Phi) is 4.26. The smallest absolute Gasteiger partial charge is 0.272 e. The van der Waals surface area contributed by atoms with Gasteiger partial charge in [-0.15, -0.1) is 0 Å². The Morgan fingerprint density at radius 3 is 2.64 bits per heavy atom. The van der Waals surface area contributed by atoms with E-state index in [1.807, 2.05) is 13.8 Å². The molecule has 0 radical (unpaired) electrons. The van der Waals surface area contributed by atoms with Gasteiger partial charge in [0, 0.05) is 38.2 Å². The largest absolute Gasteiger partial charge is 0.352 e. The van der Waals surface area contributed by atoms with Crippen molar-refractivity contribution in [2.45, 2.75) is 38.5 Å². The molecular formula is C15H22N4O3. The van der Waals surface area contributed by atoms with Gasteiger partial charge >= 0.3 is 0 Å². The van der Waals surface area contributed by atoms with Gasteiger partial charge < -0.3 is 19.7 Å².